The highest BCUT2D eigenvalue weighted by atomic mass is 35.5. The number of amidine groups is 1. The van der Waals surface area contributed by atoms with Gasteiger partial charge < -0.3 is 4.74 Å². The third-order valence-electron chi connectivity index (χ3n) is 5.24. The lowest BCUT2D eigenvalue weighted by Gasteiger charge is -2.27. The molecule has 0 saturated carbocycles. The maximum atomic E-state index is 13.2. The molecule has 2 aromatic rings. The molecule has 34 heavy (non-hydrogen) atoms. The summed E-state index contributed by atoms with van der Waals surface area (Å²) >= 11 is 6.12. The van der Waals surface area contributed by atoms with Crippen LogP contribution in [-0.4, -0.2) is 35.3 Å². The van der Waals surface area contributed by atoms with Crippen LogP contribution >= 0.6 is 11.6 Å². The second kappa shape index (κ2) is 11.5. The smallest absolute Gasteiger partial charge is 0.323 e. The average Bonchev–Trinajstić information content (AvgIpc) is 3.28. The second-order valence-corrected chi connectivity index (χ2v) is 9.62. The molecule has 0 aliphatic carbocycles. The fourth-order valence-electron chi connectivity index (χ4n) is 3.57. The first-order valence-corrected chi connectivity index (χ1v) is 11.7. The van der Waals surface area contributed by atoms with Gasteiger partial charge in [0.1, 0.15) is 17.5 Å². The van der Waals surface area contributed by atoms with Crippen molar-refractivity contribution in [2.75, 3.05) is 0 Å². The van der Waals surface area contributed by atoms with E-state index < -0.39 is 17.7 Å². The lowest BCUT2D eigenvalue weighted by Crippen LogP contribution is -2.50. The van der Waals surface area contributed by atoms with Crippen LogP contribution in [0.15, 0.2) is 53.6 Å². The number of ketones is 1. The molecule has 3 rings (SSSR count). The average molecular weight is 488 g/mol. The van der Waals surface area contributed by atoms with E-state index in [1.165, 1.54) is 0 Å². The van der Waals surface area contributed by atoms with E-state index in [9.17, 15) is 9.59 Å². The molecule has 0 bridgehead atoms. The van der Waals surface area contributed by atoms with Gasteiger partial charge in [0.05, 0.1) is 12.5 Å². The molecule has 0 unspecified atom stereocenters. The fraction of sp³-hybridized carbons (Fsp3) is 0.400. The van der Waals surface area contributed by atoms with Crippen LogP contribution in [0.1, 0.15) is 47.5 Å². The van der Waals surface area contributed by atoms with Gasteiger partial charge in [-0.1, -0.05) is 54.9 Å². The highest BCUT2D eigenvalue weighted by Gasteiger charge is 2.29. The zero-order chi connectivity index (χ0) is 24.7. The molecule has 0 aromatic heterocycles. The van der Waals surface area contributed by atoms with Crippen molar-refractivity contribution in [3.05, 3.63) is 59.1 Å². The lowest BCUT2D eigenvalue weighted by molar-refractivity contribution is -0.157. The maximum Gasteiger partial charge on any atom is 0.323 e. The van der Waals surface area contributed by atoms with E-state index in [4.69, 9.17) is 16.3 Å². The monoisotopic (exact) mass is 487 g/mol. The van der Waals surface area contributed by atoms with Crippen molar-refractivity contribution in [1.29, 1.82) is 0 Å². The van der Waals surface area contributed by atoms with E-state index in [1.54, 1.807) is 0 Å². The van der Waals surface area contributed by atoms with Gasteiger partial charge in [-0.3, -0.25) is 20.3 Å². The van der Waals surface area contributed by atoms with Crippen molar-refractivity contribution in [3.8, 4) is 11.1 Å². The molecule has 2 atom stereocenters. The molecule has 1 heterocycles. The first-order valence-electron chi connectivity index (χ1n) is 11.3. The Hall–Kier alpha value is -2.94. The number of carbonyl (C=O) groups is 2. The second-order valence-electron chi connectivity index (χ2n) is 9.19. The summed E-state index contributed by atoms with van der Waals surface area (Å²) in [6.07, 6.45) is 1.000. The van der Waals surface area contributed by atoms with Crippen LogP contribution in [0, 0.1) is 0 Å². The number of rotatable bonds is 10. The number of hydrogen-bond donors (Lipinski definition) is 4. The van der Waals surface area contributed by atoms with E-state index in [2.05, 4.69) is 26.9 Å². The van der Waals surface area contributed by atoms with Gasteiger partial charge in [-0.05, 0) is 62.4 Å². The number of nitrogens with zero attached hydrogens (tertiary/aromatic N) is 1. The number of hydrazine groups is 2. The summed E-state index contributed by atoms with van der Waals surface area (Å²) in [4.78, 5) is 25.9. The number of ether oxygens (including phenoxy) is 1. The zero-order valence-corrected chi connectivity index (χ0v) is 20.7. The third-order valence-corrected chi connectivity index (χ3v) is 5.47. The summed E-state index contributed by atoms with van der Waals surface area (Å²) in [5.74, 6) is 0.0277. The first kappa shape index (κ1) is 25.7. The summed E-state index contributed by atoms with van der Waals surface area (Å²) in [6, 6.07) is 14.4. The quantitative estimate of drug-likeness (QED) is 0.378. The van der Waals surface area contributed by atoms with Crippen LogP contribution in [0.25, 0.3) is 11.1 Å². The molecule has 2 aromatic carbocycles. The van der Waals surface area contributed by atoms with Gasteiger partial charge in [0, 0.05) is 6.45 Å². The topological polar surface area (TPSA) is 104 Å². The van der Waals surface area contributed by atoms with Crippen molar-refractivity contribution in [2.24, 2.45) is 5.10 Å². The summed E-state index contributed by atoms with van der Waals surface area (Å²) in [7, 11) is 0. The third kappa shape index (κ3) is 7.55. The van der Waals surface area contributed by atoms with Gasteiger partial charge in [-0.15, -0.1) is 10.6 Å². The molecule has 8 nitrogen and oxygen atoms in total. The Labute approximate surface area is 206 Å². The Balaban J connectivity index is 0.00000432. The minimum absolute atomic E-state index is 0. The normalized spacial score (nSPS) is 15.0. The summed E-state index contributed by atoms with van der Waals surface area (Å²) in [5, 5.41) is 7.91. The van der Waals surface area contributed by atoms with Crippen molar-refractivity contribution in [3.63, 3.8) is 0 Å². The summed E-state index contributed by atoms with van der Waals surface area (Å²) in [6.45, 7) is 7.36. The molecule has 4 N–H and O–H groups in total. The number of halogens is 1. The largest absolute Gasteiger partial charge is 0.459 e. The van der Waals surface area contributed by atoms with Crippen LogP contribution in [0.2, 0.25) is 5.02 Å². The van der Waals surface area contributed by atoms with Crippen LogP contribution in [0.5, 0.6) is 0 Å². The van der Waals surface area contributed by atoms with Crippen molar-refractivity contribution in [1.82, 2.24) is 21.8 Å². The Morgan fingerprint density at radius 1 is 1.12 bits per heavy atom. The molecular formula is C25H34ClN5O3. The first-order chi connectivity index (χ1) is 16.1. The number of hydrogen-bond acceptors (Lipinski definition) is 8. The summed E-state index contributed by atoms with van der Waals surface area (Å²) < 4.78 is 5.55. The predicted molar refractivity (Wildman–Crippen MR) is 136 cm³/mol. The van der Waals surface area contributed by atoms with Gasteiger partial charge in [0.25, 0.3) is 0 Å². The number of nitrogens with one attached hydrogen (secondary N) is 4. The number of Topliss-reactive ketones (excluding diaryl/α,β-unsaturated/α-hetero) is 1. The van der Waals surface area contributed by atoms with E-state index in [0.29, 0.717) is 23.7 Å². The summed E-state index contributed by atoms with van der Waals surface area (Å²) in [5.41, 5.74) is 10.4. The standard InChI is InChI=1S/C25H32ClN5O3.H2/c1-5-20(24(33)34-25(2,3)4)27-21(22(32)15-23-28-30-31-29-23)13-16-9-11-17(12-10-16)18-7-6-8-19(26)14-18;/h6-12,14,20-21,27,30-31H,5,13,15H2,1-4H3,(H,28,29);1H/t20-,21-;/m0./s1. The fourth-order valence-corrected chi connectivity index (χ4v) is 3.76. The Kier molecular flexibility index (Phi) is 8.66. The zero-order valence-electron chi connectivity index (χ0n) is 19.9. The SMILES string of the molecule is CC[C@H](N[C@@H](Cc1ccc(-c2cccc(Cl)c2)cc1)C(=O)CC1=NNNN1)C(=O)OC(C)(C)C.[HH]. The van der Waals surface area contributed by atoms with Crippen molar-refractivity contribution in [2.45, 2.75) is 64.6 Å². The van der Waals surface area contributed by atoms with E-state index in [0.717, 1.165) is 16.7 Å². The van der Waals surface area contributed by atoms with Crippen LogP contribution in [0.4, 0.5) is 0 Å². The molecule has 0 fully saturated rings. The predicted octanol–water partition coefficient (Wildman–Crippen LogP) is 3.76. The molecule has 0 radical (unpaired) electrons. The van der Waals surface area contributed by atoms with Crippen LogP contribution in [0.3, 0.4) is 0 Å². The molecule has 1 aliphatic heterocycles. The van der Waals surface area contributed by atoms with Gasteiger partial charge in [-0.2, -0.15) is 0 Å². The number of benzene rings is 2. The molecule has 9 heteroatoms. The number of hydrazone groups is 1. The maximum absolute atomic E-state index is 13.2. The number of esters is 1. The van der Waals surface area contributed by atoms with Gasteiger partial charge in [-0.25, -0.2) is 5.53 Å². The Morgan fingerprint density at radius 2 is 1.85 bits per heavy atom. The Bertz CT molecular complexity index is 1040. The molecular weight excluding hydrogens is 454 g/mol. The molecule has 0 saturated heterocycles. The molecule has 0 spiro atoms. The van der Waals surface area contributed by atoms with E-state index in [-0.39, 0.29) is 19.6 Å². The highest BCUT2D eigenvalue weighted by molar-refractivity contribution is 6.30. The van der Waals surface area contributed by atoms with Crippen LogP contribution < -0.4 is 21.8 Å². The van der Waals surface area contributed by atoms with Crippen molar-refractivity contribution < 1.29 is 15.8 Å². The molecule has 1 aliphatic rings. The van der Waals surface area contributed by atoms with E-state index in [1.807, 2.05) is 76.2 Å². The molecule has 184 valence electrons. The van der Waals surface area contributed by atoms with Crippen molar-refractivity contribution >= 4 is 29.2 Å². The number of carbonyl (C=O) groups excluding carboxylic acids is 2. The van der Waals surface area contributed by atoms with Gasteiger partial charge in [0.2, 0.25) is 0 Å². The minimum Gasteiger partial charge on any atom is -0.459 e. The van der Waals surface area contributed by atoms with E-state index >= 15 is 0 Å². The minimum atomic E-state index is -0.609. The highest BCUT2D eigenvalue weighted by Crippen LogP contribution is 2.23. The van der Waals surface area contributed by atoms with Crippen LogP contribution in [-0.2, 0) is 20.7 Å². The van der Waals surface area contributed by atoms with Gasteiger partial charge in [0.15, 0.2) is 5.78 Å². The molecule has 0 amide bonds. The lowest BCUT2D eigenvalue weighted by atomic mass is 9.96. The van der Waals surface area contributed by atoms with Gasteiger partial charge >= 0.3 is 5.97 Å². The Morgan fingerprint density at radius 3 is 2.44 bits per heavy atom.